The van der Waals surface area contributed by atoms with E-state index in [1.165, 1.54) is 60.0 Å². The number of amides is 2. The molecule has 0 spiro atoms. The van der Waals surface area contributed by atoms with Gasteiger partial charge in [0.05, 0.1) is 5.01 Å². The third-order valence-corrected chi connectivity index (χ3v) is 8.80. The Morgan fingerprint density at radius 2 is 1.84 bits per heavy atom. The molecule has 2 amide bonds. The van der Waals surface area contributed by atoms with E-state index in [-0.39, 0.29) is 23.9 Å². The smallest absolute Gasteiger partial charge is 0.319 e. The van der Waals surface area contributed by atoms with Crippen LogP contribution in [0, 0.1) is 5.82 Å². The summed E-state index contributed by atoms with van der Waals surface area (Å²) in [6, 6.07) is 12.1. The second kappa shape index (κ2) is 12.9. The summed E-state index contributed by atoms with van der Waals surface area (Å²) >= 11 is 3.42. The number of carbonyl (C=O) groups excluding carboxylic acids is 1. The van der Waals surface area contributed by atoms with E-state index >= 15 is 0 Å². The zero-order valence-electron chi connectivity index (χ0n) is 21.9. The Kier molecular flexibility index (Phi) is 9.62. The number of nitrogens with one attached hydrogen (secondary N) is 3. The van der Waals surface area contributed by atoms with Gasteiger partial charge in [-0.05, 0) is 69.3 Å². The Hall–Kier alpha value is -2.42. The number of anilines is 1. The van der Waals surface area contributed by atoms with Gasteiger partial charge >= 0.3 is 6.03 Å². The molecular weight excluding hydrogens is 503 g/mol. The number of hydrogen-bond acceptors (Lipinski definition) is 5. The van der Waals surface area contributed by atoms with E-state index < -0.39 is 0 Å². The van der Waals surface area contributed by atoms with Gasteiger partial charge < -0.3 is 10.6 Å². The lowest BCUT2D eigenvalue weighted by Gasteiger charge is -2.21. The SMILES string of the molecule is CC(C)(C)NSc1cc(NC(=O)NCc2ccccc2F)ccc1Cc1cnc(C2CCCCCC2)s1. The summed E-state index contributed by atoms with van der Waals surface area (Å²) in [5.74, 6) is 0.275. The topological polar surface area (TPSA) is 66.0 Å². The molecule has 0 radical (unpaired) electrons. The van der Waals surface area contributed by atoms with Crippen LogP contribution in [-0.2, 0) is 13.0 Å². The van der Waals surface area contributed by atoms with Crippen molar-refractivity contribution in [3.63, 3.8) is 0 Å². The first-order valence-corrected chi connectivity index (χ1v) is 14.7. The van der Waals surface area contributed by atoms with Crippen molar-refractivity contribution in [2.24, 2.45) is 0 Å². The van der Waals surface area contributed by atoms with E-state index in [9.17, 15) is 9.18 Å². The first-order chi connectivity index (χ1) is 17.8. The Balaban J connectivity index is 1.44. The van der Waals surface area contributed by atoms with Crippen LogP contribution in [0.4, 0.5) is 14.9 Å². The highest BCUT2D eigenvalue weighted by atomic mass is 32.2. The number of carbonyl (C=O) groups is 1. The van der Waals surface area contributed by atoms with Gasteiger partial charge in [0.25, 0.3) is 0 Å². The fourth-order valence-electron chi connectivity index (χ4n) is 4.38. The highest BCUT2D eigenvalue weighted by molar-refractivity contribution is 7.97. The maximum absolute atomic E-state index is 13.9. The molecule has 5 nitrogen and oxygen atoms in total. The summed E-state index contributed by atoms with van der Waals surface area (Å²) in [6.45, 7) is 6.50. The Bertz CT molecular complexity index is 1180. The van der Waals surface area contributed by atoms with E-state index in [0.29, 0.717) is 17.2 Å². The van der Waals surface area contributed by atoms with Gasteiger partial charge in [0.15, 0.2) is 0 Å². The first kappa shape index (κ1) is 27.6. The highest BCUT2D eigenvalue weighted by Crippen LogP contribution is 2.35. The molecular formula is C29H37FN4OS2. The molecule has 198 valence electrons. The van der Waals surface area contributed by atoms with Crippen LogP contribution in [0.5, 0.6) is 0 Å². The predicted octanol–water partition coefficient (Wildman–Crippen LogP) is 8.03. The maximum Gasteiger partial charge on any atom is 0.319 e. The van der Waals surface area contributed by atoms with Gasteiger partial charge in [-0.25, -0.2) is 14.2 Å². The zero-order valence-corrected chi connectivity index (χ0v) is 23.5. The van der Waals surface area contributed by atoms with Crippen molar-refractivity contribution in [1.29, 1.82) is 0 Å². The van der Waals surface area contributed by atoms with E-state index in [0.717, 1.165) is 11.3 Å². The molecule has 1 saturated carbocycles. The molecule has 1 aromatic heterocycles. The fraction of sp³-hybridized carbons (Fsp3) is 0.448. The second-order valence-electron chi connectivity index (χ2n) is 10.7. The average molecular weight is 541 g/mol. The van der Waals surface area contributed by atoms with Gasteiger partial charge in [-0.1, -0.05) is 49.9 Å². The number of thiazole rings is 1. The lowest BCUT2D eigenvalue weighted by Crippen LogP contribution is -2.30. The van der Waals surface area contributed by atoms with Crippen LogP contribution in [0.1, 0.15) is 86.2 Å². The molecule has 3 N–H and O–H groups in total. The number of aromatic nitrogens is 1. The van der Waals surface area contributed by atoms with Gasteiger partial charge in [-0.2, -0.15) is 0 Å². The summed E-state index contributed by atoms with van der Waals surface area (Å²) in [6.07, 6.45) is 10.7. The molecule has 1 heterocycles. The number of halogens is 1. The summed E-state index contributed by atoms with van der Waals surface area (Å²) in [4.78, 5) is 19.6. The molecule has 0 unspecified atom stereocenters. The first-order valence-electron chi connectivity index (χ1n) is 13.1. The van der Waals surface area contributed by atoms with E-state index in [1.807, 2.05) is 29.7 Å². The van der Waals surface area contributed by atoms with Gasteiger partial charge in [0, 0.05) is 51.6 Å². The van der Waals surface area contributed by atoms with Crippen molar-refractivity contribution in [2.45, 2.75) is 88.6 Å². The minimum absolute atomic E-state index is 0.0698. The minimum atomic E-state index is -0.369. The van der Waals surface area contributed by atoms with Crippen molar-refractivity contribution in [3.05, 3.63) is 75.5 Å². The molecule has 1 fully saturated rings. The number of hydrogen-bond donors (Lipinski definition) is 3. The summed E-state index contributed by atoms with van der Waals surface area (Å²) < 4.78 is 17.4. The Morgan fingerprint density at radius 1 is 1.08 bits per heavy atom. The van der Waals surface area contributed by atoms with Crippen molar-refractivity contribution < 1.29 is 9.18 Å². The minimum Gasteiger partial charge on any atom is -0.334 e. The van der Waals surface area contributed by atoms with Crippen LogP contribution in [0.15, 0.2) is 53.6 Å². The van der Waals surface area contributed by atoms with Crippen molar-refractivity contribution in [1.82, 2.24) is 15.0 Å². The standard InChI is InChI=1S/C29H37FN4OS2/c1-29(2,3)34-37-26-17-23(33-28(35)32-18-22-12-8-9-13-25(22)30)15-14-21(26)16-24-19-31-27(36-24)20-10-6-4-5-7-11-20/h8-9,12-15,17,19-20,34H,4-7,10-11,16,18H2,1-3H3,(H2,32,33,35). The monoisotopic (exact) mass is 540 g/mol. The molecule has 3 aromatic rings. The lowest BCUT2D eigenvalue weighted by molar-refractivity contribution is 0.251. The molecule has 0 bridgehead atoms. The predicted molar refractivity (Wildman–Crippen MR) is 153 cm³/mol. The largest absolute Gasteiger partial charge is 0.334 e. The average Bonchev–Trinajstić information content (AvgIpc) is 3.15. The van der Waals surface area contributed by atoms with Crippen LogP contribution in [-0.4, -0.2) is 16.6 Å². The molecule has 8 heteroatoms. The summed E-state index contributed by atoms with van der Waals surface area (Å²) in [7, 11) is 0. The van der Waals surface area contributed by atoms with Crippen LogP contribution in [0.3, 0.4) is 0 Å². The van der Waals surface area contributed by atoms with Gasteiger partial charge in [-0.3, -0.25) is 4.72 Å². The Labute approximate surface area is 228 Å². The van der Waals surface area contributed by atoms with Crippen LogP contribution >= 0.6 is 23.3 Å². The van der Waals surface area contributed by atoms with E-state index in [4.69, 9.17) is 4.98 Å². The summed E-state index contributed by atoms with van der Waals surface area (Å²) in [5, 5.41) is 6.91. The summed E-state index contributed by atoms with van der Waals surface area (Å²) in [5.41, 5.74) is 2.26. The molecule has 37 heavy (non-hydrogen) atoms. The van der Waals surface area contributed by atoms with Crippen molar-refractivity contribution in [2.75, 3.05) is 5.32 Å². The highest BCUT2D eigenvalue weighted by Gasteiger charge is 2.19. The number of rotatable bonds is 8. The van der Waals surface area contributed by atoms with Gasteiger partial charge in [0.2, 0.25) is 0 Å². The molecule has 0 atom stereocenters. The van der Waals surface area contributed by atoms with Gasteiger partial charge in [-0.15, -0.1) is 11.3 Å². The quantitative estimate of drug-likeness (QED) is 0.200. The number of urea groups is 1. The fourth-order valence-corrected chi connectivity index (χ4v) is 6.36. The van der Waals surface area contributed by atoms with Crippen molar-refractivity contribution in [3.8, 4) is 0 Å². The van der Waals surface area contributed by atoms with Crippen LogP contribution in [0.2, 0.25) is 0 Å². The Morgan fingerprint density at radius 3 is 2.57 bits per heavy atom. The number of nitrogens with zero attached hydrogens (tertiary/aromatic N) is 1. The zero-order chi connectivity index (χ0) is 26.3. The molecule has 1 aliphatic carbocycles. The van der Waals surface area contributed by atoms with E-state index in [2.05, 4.69) is 42.2 Å². The molecule has 4 rings (SSSR count). The van der Waals surface area contributed by atoms with Crippen molar-refractivity contribution >= 4 is 35.0 Å². The molecule has 0 aliphatic heterocycles. The number of benzene rings is 2. The molecule has 1 aliphatic rings. The second-order valence-corrected chi connectivity index (χ2v) is 12.7. The third-order valence-electron chi connectivity index (χ3n) is 6.33. The van der Waals surface area contributed by atoms with E-state index in [1.54, 1.807) is 30.1 Å². The van der Waals surface area contributed by atoms with Gasteiger partial charge in [0.1, 0.15) is 5.82 Å². The lowest BCUT2D eigenvalue weighted by atomic mass is 10.0. The maximum atomic E-state index is 13.9. The molecule has 2 aromatic carbocycles. The van der Waals surface area contributed by atoms with Crippen LogP contribution < -0.4 is 15.4 Å². The third kappa shape index (κ3) is 8.55. The van der Waals surface area contributed by atoms with Crippen LogP contribution in [0.25, 0.3) is 0 Å². The normalized spacial score (nSPS) is 14.8. The molecule has 0 saturated heterocycles.